The molecule has 4 heteroatoms. The molecule has 0 saturated carbocycles. The van der Waals surface area contributed by atoms with E-state index in [9.17, 15) is 0 Å². The quantitative estimate of drug-likeness (QED) is 0.258. The third-order valence-corrected chi connectivity index (χ3v) is 9.99. The Morgan fingerprint density at radius 3 is 2.31 bits per heavy atom. The fourth-order valence-electron chi connectivity index (χ4n) is 4.93. The molecule has 0 aliphatic rings. The predicted molar refractivity (Wildman–Crippen MR) is 144 cm³/mol. The van der Waals surface area contributed by atoms with E-state index in [1.54, 1.807) is 6.33 Å². The first kappa shape index (κ1) is 21.3. The molecule has 0 radical (unpaired) electrons. The van der Waals surface area contributed by atoms with Crippen molar-refractivity contribution in [1.29, 1.82) is 0 Å². The summed E-state index contributed by atoms with van der Waals surface area (Å²) in [6.45, 7) is 16.3. The maximum atomic E-state index is 4.81. The summed E-state index contributed by atoms with van der Waals surface area (Å²) in [4.78, 5) is 9.54. The Kier molecular flexibility index (Phi) is 4.99. The summed E-state index contributed by atoms with van der Waals surface area (Å²) in [6.07, 6.45) is 1.74. The first-order valence-electron chi connectivity index (χ1n) is 11.4. The standard InChI is InChI=1S/C28H30N2SSi/c1-16(2)23-14-20(13-19-12-17(3)8-9-21(19)23)25-28-26(30-15-29-25)22-10-11-24(32(5,6)7)18(4)27(22)31-28/h8-16H,1-7H3. The molecular weight excluding hydrogens is 424 g/mol. The van der Waals surface area contributed by atoms with E-state index >= 15 is 0 Å². The molecule has 0 amide bonds. The molecule has 2 heterocycles. The minimum atomic E-state index is -1.41. The lowest BCUT2D eigenvalue weighted by atomic mass is 9.92. The van der Waals surface area contributed by atoms with Crippen LogP contribution in [-0.2, 0) is 0 Å². The fraction of sp³-hybridized carbons (Fsp3) is 0.286. The van der Waals surface area contributed by atoms with Crippen LogP contribution in [0.25, 0.3) is 42.3 Å². The Balaban J connectivity index is 1.82. The van der Waals surface area contributed by atoms with E-state index in [-0.39, 0.29) is 0 Å². The molecule has 2 nitrogen and oxygen atoms in total. The summed E-state index contributed by atoms with van der Waals surface area (Å²) < 4.78 is 2.56. The van der Waals surface area contributed by atoms with E-state index in [1.807, 2.05) is 11.3 Å². The van der Waals surface area contributed by atoms with Crippen molar-refractivity contribution in [2.45, 2.75) is 53.3 Å². The summed E-state index contributed by atoms with van der Waals surface area (Å²) in [7, 11) is -1.41. The molecule has 0 aliphatic carbocycles. The second-order valence-electron chi connectivity index (χ2n) is 10.3. The number of rotatable bonds is 3. The molecule has 3 aromatic carbocycles. The van der Waals surface area contributed by atoms with Gasteiger partial charge in [0.25, 0.3) is 0 Å². The van der Waals surface area contributed by atoms with Crippen LogP contribution < -0.4 is 5.19 Å². The Bertz CT molecular complexity index is 1510. The number of aryl methyl sites for hydroxylation is 2. The number of hydrogen-bond donors (Lipinski definition) is 0. The first-order chi connectivity index (χ1) is 15.1. The summed E-state index contributed by atoms with van der Waals surface area (Å²) in [5, 5.41) is 5.42. The summed E-state index contributed by atoms with van der Waals surface area (Å²) in [5.74, 6) is 0.446. The van der Waals surface area contributed by atoms with Gasteiger partial charge in [-0.1, -0.05) is 74.6 Å². The molecule has 0 N–H and O–H groups in total. The van der Waals surface area contributed by atoms with E-state index in [0.717, 1.165) is 11.2 Å². The number of aromatic nitrogens is 2. The highest BCUT2D eigenvalue weighted by Gasteiger charge is 2.22. The molecule has 0 fully saturated rings. The van der Waals surface area contributed by atoms with Crippen LogP contribution >= 0.6 is 11.3 Å². The Labute approximate surface area is 195 Å². The third-order valence-electron chi connectivity index (χ3n) is 6.51. The Hall–Kier alpha value is -2.56. The summed E-state index contributed by atoms with van der Waals surface area (Å²) in [6, 6.07) is 16.0. The van der Waals surface area contributed by atoms with Gasteiger partial charge in [0.05, 0.1) is 24.0 Å². The van der Waals surface area contributed by atoms with Gasteiger partial charge in [-0.3, -0.25) is 0 Å². The van der Waals surface area contributed by atoms with Crippen LogP contribution in [0.1, 0.15) is 36.5 Å². The van der Waals surface area contributed by atoms with E-state index in [4.69, 9.17) is 9.97 Å². The van der Waals surface area contributed by atoms with Crippen molar-refractivity contribution in [2.75, 3.05) is 0 Å². The van der Waals surface area contributed by atoms with Gasteiger partial charge in [-0.05, 0) is 53.8 Å². The lowest BCUT2D eigenvalue weighted by Crippen LogP contribution is -2.39. The molecular formula is C28H30N2SSi. The molecule has 32 heavy (non-hydrogen) atoms. The van der Waals surface area contributed by atoms with Crippen LogP contribution in [0, 0.1) is 13.8 Å². The van der Waals surface area contributed by atoms with Gasteiger partial charge >= 0.3 is 0 Å². The zero-order valence-corrected chi connectivity index (χ0v) is 21.8. The van der Waals surface area contributed by atoms with E-state index in [1.165, 1.54) is 53.0 Å². The van der Waals surface area contributed by atoms with Crippen LogP contribution in [0.4, 0.5) is 0 Å². The van der Waals surface area contributed by atoms with E-state index < -0.39 is 8.07 Å². The minimum absolute atomic E-state index is 0.446. The lowest BCUT2D eigenvalue weighted by molar-refractivity contribution is 0.876. The molecule has 0 atom stereocenters. The zero-order valence-electron chi connectivity index (χ0n) is 20.0. The first-order valence-corrected chi connectivity index (χ1v) is 15.7. The van der Waals surface area contributed by atoms with Gasteiger partial charge in [0.1, 0.15) is 6.33 Å². The maximum Gasteiger partial charge on any atom is 0.116 e. The van der Waals surface area contributed by atoms with E-state index in [0.29, 0.717) is 5.92 Å². The topological polar surface area (TPSA) is 25.8 Å². The molecule has 2 aromatic heterocycles. The van der Waals surface area contributed by atoms with Crippen molar-refractivity contribution in [1.82, 2.24) is 9.97 Å². The molecule has 162 valence electrons. The molecule has 0 saturated heterocycles. The van der Waals surface area contributed by atoms with Crippen LogP contribution in [0.3, 0.4) is 0 Å². The molecule has 0 spiro atoms. The Morgan fingerprint density at radius 1 is 0.844 bits per heavy atom. The monoisotopic (exact) mass is 454 g/mol. The molecule has 5 rings (SSSR count). The second-order valence-corrected chi connectivity index (χ2v) is 16.4. The number of nitrogens with zero attached hydrogens (tertiary/aromatic N) is 2. The maximum absolute atomic E-state index is 4.81. The van der Waals surface area contributed by atoms with Gasteiger partial charge < -0.3 is 0 Å². The second kappa shape index (κ2) is 7.50. The fourth-order valence-corrected chi connectivity index (χ4v) is 8.12. The van der Waals surface area contributed by atoms with Crippen molar-refractivity contribution >= 4 is 55.7 Å². The van der Waals surface area contributed by atoms with Crippen LogP contribution in [0.5, 0.6) is 0 Å². The highest BCUT2D eigenvalue weighted by atomic mass is 32.1. The van der Waals surface area contributed by atoms with Crippen LogP contribution in [0.2, 0.25) is 19.6 Å². The van der Waals surface area contributed by atoms with Gasteiger partial charge in [-0.2, -0.15) is 0 Å². The number of thiophene rings is 1. The lowest BCUT2D eigenvalue weighted by Gasteiger charge is -2.19. The SMILES string of the molecule is Cc1ccc2c(C(C)C)cc(-c3ncnc4c3sc3c(C)c([Si](C)(C)C)ccc34)cc2c1. The smallest absolute Gasteiger partial charge is 0.116 e. The zero-order chi connectivity index (χ0) is 22.8. The van der Waals surface area contributed by atoms with Gasteiger partial charge in [0.2, 0.25) is 0 Å². The summed E-state index contributed by atoms with van der Waals surface area (Å²) >= 11 is 1.86. The number of benzene rings is 3. The van der Waals surface area contributed by atoms with Crippen molar-refractivity contribution < 1.29 is 0 Å². The van der Waals surface area contributed by atoms with Crippen molar-refractivity contribution in [2.24, 2.45) is 0 Å². The van der Waals surface area contributed by atoms with E-state index in [2.05, 4.69) is 89.8 Å². The average molecular weight is 455 g/mol. The molecule has 0 unspecified atom stereocenters. The van der Waals surface area contributed by atoms with Crippen LogP contribution in [-0.4, -0.2) is 18.0 Å². The summed E-state index contributed by atoms with van der Waals surface area (Å²) in [5.41, 5.74) is 7.41. The molecule has 5 aromatic rings. The van der Waals surface area contributed by atoms with Crippen molar-refractivity contribution in [3.63, 3.8) is 0 Å². The minimum Gasteiger partial charge on any atom is -0.235 e. The molecule has 0 bridgehead atoms. The van der Waals surface area contributed by atoms with Crippen molar-refractivity contribution in [3.8, 4) is 11.3 Å². The number of fused-ring (bicyclic) bond motifs is 4. The third kappa shape index (κ3) is 3.37. The van der Waals surface area contributed by atoms with Gasteiger partial charge in [0.15, 0.2) is 0 Å². The highest BCUT2D eigenvalue weighted by Crippen LogP contribution is 2.40. The highest BCUT2D eigenvalue weighted by molar-refractivity contribution is 7.26. The van der Waals surface area contributed by atoms with Crippen molar-refractivity contribution in [3.05, 3.63) is 65.5 Å². The van der Waals surface area contributed by atoms with Crippen LogP contribution in [0.15, 0.2) is 48.8 Å². The number of hydrogen-bond acceptors (Lipinski definition) is 3. The predicted octanol–water partition coefficient (Wildman–Crippen LogP) is 7.95. The average Bonchev–Trinajstić information content (AvgIpc) is 3.11. The van der Waals surface area contributed by atoms with Gasteiger partial charge in [0, 0.05) is 15.6 Å². The van der Waals surface area contributed by atoms with Gasteiger partial charge in [-0.25, -0.2) is 9.97 Å². The Morgan fingerprint density at radius 2 is 1.59 bits per heavy atom. The van der Waals surface area contributed by atoms with Gasteiger partial charge in [-0.15, -0.1) is 11.3 Å². The largest absolute Gasteiger partial charge is 0.235 e. The normalized spacial score (nSPS) is 12.5. The molecule has 0 aliphatic heterocycles.